The maximum absolute atomic E-state index is 13.5. The summed E-state index contributed by atoms with van der Waals surface area (Å²) in [5.41, 5.74) is 1.69. The second kappa shape index (κ2) is 9.52. The largest absolute Gasteiger partial charge is 0.354 e. The van der Waals surface area contributed by atoms with Gasteiger partial charge in [0, 0.05) is 38.8 Å². The van der Waals surface area contributed by atoms with E-state index in [-0.39, 0.29) is 5.75 Å². The van der Waals surface area contributed by atoms with E-state index in [0.29, 0.717) is 17.9 Å². The Morgan fingerprint density at radius 3 is 2.45 bits per heavy atom. The van der Waals surface area contributed by atoms with Gasteiger partial charge in [-0.15, -0.1) is 5.10 Å². The molecular formula is C22H26F2N6O2S. The molecule has 0 spiro atoms. The molecule has 2 aromatic heterocycles. The molecule has 8 nitrogen and oxygen atoms in total. The number of pyridine rings is 1. The van der Waals surface area contributed by atoms with Crippen LogP contribution >= 0.6 is 0 Å². The molecule has 4 rings (SSSR count). The molecule has 0 unspecified atom stereocenters. The van der Waals surface area contributed by atoms with Gasteiger partial charge in [0.05, 0.1) is 34.3 Å². The molecule has 0 aliphatic carbocycles. The number of halogens is 2. The summed E-state index contributed by atoms with van der Waals surface area (Å²) in [5.74, 6) is -1.12. The van der Waals surface area contributed by atoms with Crippen LogP contribution in [-0.4, -0.2) is 64.7 Å². The number of aromatic nitrogens is 4. The second-order valence-corrected chi connectivity index (χ2v) is 10.9. The molecule has 33 heavy (non-hydrogen) atoms. The molecule has 0 radical (unpaired) electrons. The van der Waals surface area contributed by atoms with Crippen LogP contribution in [0.15, 0.2) is 42.6 Å². The molecule has 1 aliphatic rings. The van der Waals surface area contributed by atoms with E-state index in [1.165, 1.54) is 10.7 Å². The summed E-state index contributed by atoms with van der Waals surface area (Å²) in [6.45, 7) is 6.96. The van der Waals surface area contributed by atoms with Crippen LogP contribution < -0.4 is 4.90 Å². The van der Waals surface area contributed by atoms with Crippen molar-refractivity contribution in [3.63, 3.8) is 0 Å². The van der Waals surface area contributed by atoms with E-state index < -0.39 is 26.7 Å². The third-order valence-corrected chi connectivity index (χ3v) is 7.78. The van der Waals surface area contributed by atoms with E-state index in [1.807, 2.05) is 12.1 Å². The van der Waals surface area contributed by atoms with Gasteiger partial charge in [-0.3, -0.25) is 4.90 Å². The summed E-state index contributed by atoms with van der Waals surface area (Å²) < 4.78 is 52.5. The fourth-order valence-electron chi connectivity index (χ4n) is 3.58. The zero-order valence-corrected chi connectivity index (χ0v) is 19.3. The van der Waals surface area contributed by atoms with E-state index in [4.69, 9.17) is 0 Å². The predicted molar refractivity (Wildman–Crippen MR) is 121 cm³/mol. The summed E-state index contributed by atoms with van der Waals surface area (Å²) in [4.78, 5) is 8.93. The first-order chi connectivity index (χ1) is 15.7. The Labute approximate surface area is 191 Å². The fourth-order valence-corrected chi connectivity index (χ4v) is 4.49. The van der Waals surface area contributed by atoms with Crippen molar-refractivity contribution in [1.29, 1.82) is 0 Å². The maximum atomic E-state index is 13.5. The quantitative estimate of drug-likeness (QED) is 0.518. The van der Waals surface area contributed by atoms with Crippen LogP contribution in [0.2, 0.25) is 0 Å². The van der Waals surface area contributed by atoms with Crippen LogP contribution in [0.1, 0.15) is 25.2 Å². The van der Waals surface area contributed by atoms with Gasteiger partial charge in [-0.25, -0.2) is 26.9 Å². The Balaban J connectivity index is 1.35. The van der Waals surface area contributed by atoms with Gasteiger partial charge in [-0.2, -0.15) is 0 Å². The van der Waals surface area contributed by atoms with Crippen molar-refractivity contribution in [3.8, 4) is 5.69 Å². The minimum atomic E-state index is -3.21. The highest BCUT2D eigenvalue weighted by atomic mass is 32.2. The molecule has 0 N–H and O–H groups in total. The first kappa shape index (κ1) is 23.2. The summed E-state index contributed by atoms with van der Waals surface area (Å²) in [6, 6.07) is 9.08. The van der Waals surface area contributed by atoms with Crippen molar-refractivity contribution < 1.29 is 17.2 Å². The number of sulfone groups is 1. The third kappa shape index (κ3) is 5.53. The molecule has 0 atom stereocenters. The number of hydrogen-bond donors (Lipinski definition) is 0. The normalized spacial score (nSPS) is 15.4. The van der Waals surface area contributed by atoms with Crippen LogP contribution in [0.4, 0.5) is 14.6 Å². The maximum Gasteiger partial charge on any atom is 0.160 e. The highest BCUT2D eigenvalue weighted by Crippen LogP contribution is 2.18. The van der Waals surface area contributed by atoms with Crippen molar-refractivity contribution in [2.24, 2.45) is 0 Å². The summed E-state index contributed by atoms with van der Waals surface area (Å²) in [7, 11) is -3.21. The van der Waals surface area contributed by atoms with Crippen molar-refractivity contribution in [3.05, 3.63) is 65.6 Å². The van der Waals surface area contributed by atoms with E-state index in [2.05, 4.69) is 25.1 Å². The minimum absolute atomic E-state index is 0.0634. The third-order valence-electron chi connectivity index (χ3n) is 5.65. The second-order valence-electron chi connectivity index (χ2n) is 8.36. The zero-order chi connectivity index (χ0) is 23.6. The van der Waals surface area contributed by atoms with Crippen molar-refractivity contribution >= 4 is 15.7 Å². The van der Waals surface area contributed by atoms with Crippen molar-refractivity contribution in [1.82, 2.24) is 24.9 Å². The number of hydrogen-bond acceptors (Lipinski definition) is 7. The van der Waals surface area contributed by atoms with Gasteiger partial charge >= 0.3 is 0 Å². The van der Waals surface area contributed by atoms with Gasteiger partial charge in [-0.05, 0) is 38.1 Å². The minimum Gasteiger partial charge on any atom is -0.354 e. The fraction of sp³-hybridized carbons (Fsp3) is 0.409. The monoisotopic (exact) mass is 476 g/mol. The molecule has 3 heterocycles. The SMILES string of the molecule is CC(C)S(=O)(=O)Cc1cccc(N2CCN(Cc3cn(-c4ccc(F)c(F)c4)nn3)CC2)n1. The molecule has 1 fully saturated rings. The van der Waals surface area contributed by atoms with Gasteiger partial charge in [0.25, 0.3) is 0 Å². The molecule has 0 saturated carbocycles. The Bertz CT molecular complexity index is 1220. The average molecular weight is 477 g/mol. The van der Waals surface area contributed by atoms with Crippen LogP contribution in [0, 0.1) is 11.6 Å². The lowest BCUT2D eigenvalue weighted by atomic mass is 10.2. The van der Waals surface area contributed by atoms with E-state index in [9.17, 15) is 17.2 Å². The molecule has 1 aliphatic heterocycles. The molecule has 0 bridgehead atoms. The van der Waals surface area contributed by atoms with Crippen molar-refractivity contribution in [2.75, 3.05) is 31.1 Å². The van der Waals surface area contributed by atoms with Gasteiger partial charge in [0.1, 0.15) is 5.82 Å². The number of piperazine rings is 1. The number of anilines is 1. The first-order valence-corrected chi connectivity index (χ1v) is 12.4. The molecular weight excluding hydrogens is 450 g/mol. The molecule has 1 saturated heterocycles. The summed E-state index contributed by atoms with van der Waals surface area (Å²) >= 11 is 0. The zero-order valence-electron chi connectivity index (χ0n) is 18.5. The van der Waals surface area contributed by atoms with Gasteiger partial charge < -0.3 is 4.90 Å². The van der Waals surface area contributed by atoms with E-state index in [1.54, 1.807) is 26.1 Å². The number of nitrogens with zero attached hydrogens (tertiary/aromatic N) is 6. The smallest absolute Gasteiger partial charge is 0.160 e. The van der Waals surface area contributed by atoms with Crippen molar-refractivity contribution in [2.45, 2.75) is 31.4 Å². The topological polar surface area (TPSA) is 84.2 Å². The van der Waals surface area contributed by atoms with E-state index >= 15 is 0 Å². The van der Waals surface area contributed by atoms with Crippen LogP contribution in [-0.2, 0) is 22.1 Å². The lowest BCUT2D eigenvalue weighted by Gasteiger charge is -2.35. The van der Waals surface area contributed by atoms with Crippen LogP contribution in [0.3, 0.4) is 0 Å². The van der Waals surface area contributed by atoms with E-state index in [0.717, 1.165) is 49.8 Å². The lowest BCUT2D eigenvalue weighted by Crippen LogP contribution is -2.46. The summed E-state index contributed by atoms with van der Waals surface area (Å²) in [5, 5.41) is 7.73. The predicted octanol–water partition coefficient (Wildman–Crippen LogP) is 2.59. The number of rotatable bonds is 7. The summed E-state index contributed by atoms with van der Waals surface area (Å²) in [6.07, 6.45) is 1.71. The molecule has 0 amide bonds. The standard InChI is InChI=1S/C22H26F2N6O2S/c1-16(2)33(31,32)15-17-4-3-5-22(25-17)29-10-8-28(9-11-29)13-18-14-30(27-26-18)19-6-7-20(23)21(24)12-19/h3-7,12,14,16H,8-11,13,15H2,1-2H3. The Hall–Kier alpha value is -2.92. The molecule has 1 aromatic carbocycles. The molecule has 3 aromatic rings. The van der Waals surface area contributed by atoms with Crippen LogP contribution in [0.25, 0.3) is 5.69 Å². The van der Waals surface area contributed by atoms with Gasteiger partial charge in [0.15, 0.2) is 21.5 Å². The Morgan fingerprint density at radius 2 is 1.76 bits per heavy atom. The molecule has 11 heteroatoms. The molecule has 176 valence electrons. The Kier molecular flexibility index (Phi) is 6.71. The average Bonchev–Trinajstić information content (AvgIpc) is 3.24. The lowest BCUT2D eigenvalue weighted by molar-refractivity contribution is 0.246. The highest BCUT2D eigenvalue weighted by Gasteiger charge is 2.21. The van der Waals surface area contributed by atoms with Crippen LogP contribution in [0.5, 0.6) is 0 Å². The number of benzene rings is 1. The van der Waals surface area contributed by atoms with Gasteiger partial charge in [-0.1, -0.05) is 11.3 Å². The first-order valence-electron chi connectivity index (χ1n) is 10.7. The highest BCUT2D eigenvalue weighted by molar-refractivity contribution is 7.91. The Morgan fingerprint density at radius 1 is 1.00 bits per heavy atom. The van der Waals surface area contributed by atoms with Gasteiger partial charge in [0.2, 0.25) is 0 Å².